The minimum absolute atomic E-state index is 0.643. The van der Waals surface area contributed by atoms with Crippen LogP contribution in [0.25, 0.3) is 0 Å². The Balaban J connectivity index is 2.61. The van der Waals surface area contributed by atoms with Crippen LogP contribution in [-0.4, -0.2) is 41.0 Å². The Kier molecular flexibility index (Phi) is 3.99. The highest BCUT2D eigenvalue weighted by Gasteiger charge is 2.28. The Morgan fingerprint density at radius 2 is 1.79 bits per heavy atom. The van der Waals surface area contributed by atoms with Crippen molar-refractivity contribution in [3.8, 4) is 0 Å². The van der Waals surface area contributed by atoms with Crippen molar-refractivity contribution < 1.29 is 0 Å². The molecule has 0 aromatic heterocycles. The monoisotopic (exact) mass is 196 g/mol. The molecule has 1 saturated heterocycles. The van der Waals surface area contributed by atoms with Crippen LogP contribution >= 0.6 is 0 Å². The maximum Gasteiger partial charge on any atom is 0.0384 e. The highest BCUT2D eigenvalue weighted by Crippen LogP contribution is 2.17. The van der Waals surface area contributed by atoms with Crippen molar-refractivity contribution in [2.45, 2.75) is 52.7 Å². The van der Waals surface area contributed by atoms with Gasteiger partial charge in [-0.15, -0.1) is 0 Å². The molecule has 0 unspecified atom stereocenters. The van der Waals surface area contributed by atoms with Crippen LogP contribution in [0.15, 0.2) is 12.3 Å². The van der Waals surface area contributed by atoms with E-state index in [1.54, 1.807) is 0 Å². The van der Waals surface area contributed by atoms with Crippen LogP contribution in [0.4, 0.5) is 0 Å². The van der Waals surface area contributed by atoms with Gasteiger partial charge in [-0.05, 0) is 40.8 Å². The molecule has 14 heavy (non-hydrogen) atoms. The van der Waals surface area contributed by atoms with Gasteiger partial charge in [0.05, 0.1) is 0 Å². The first kappa shape index (κ1) is 11.6. The summed E-state index contributed by atoms with van der Waals surface area (Å²) in [6.07, 6.45) is 4.35. The number of hydrogen-bond acceptors (Lipinski definition) is 2. The van der Waals surface area contributed by atoms with E-state index in [0.717, 1.165) is 6.54 Å². The lowest BCUT2D eigenvalue weighted by molar-refractivity contribution is 0.0497. The third kappa shape index (κ3) is 2.50. The topological polar surface area (TPSA) is 6.48 Å². The van der Waals surface area contributed by atoms with E-state index in [1.165, 1.54) is 6.54 Å². The molecule has 0 N–H and O–H groups in total. The number of piperazine rings is 1. The third-order valence-electron chi connectivity index (χ3n) is 3.09. The highest BCUT2D eigenvalue weighted by atomic mass is 15.3. The molecular weight excluding hydrogens is 172 g/mol. The van der Waals surface area contributed by atoms with Crippen molar-refractivity contribution in [2.75, 3.05) is 13.1 Å². The van der Waals surface area contributed by atoms with Crippen LogP contribution in [0.5, 0.6) is 0 Å². The van der Waals surface area contributed by atoms with E-state index in [2.05, 4.69) is 56.7 Å². The molecule has 1 fully saturated rings. The van der Waals surface area contributed by atoms with Crippen LogP contribution < -0.4 is 0 Å². The zero-order valence-electron chi connectivity index (χ0n) is 10.2. The summed E-state index contributed by atoms with van der Waals surface area (Å²) in [4.78, 5) is 5.04. The van der Waals surface area contributed by atoms with E-state index >= 15 is 0 Å². The molecule has 0 bridgehead atoms. The lowest BCUT2D eigenvalue weighted by atomic mass is 10.1. The summed E-state index contributed by atoms with van der Waals surface area (Å²) in [6, 6.07) is 1.98. The molecule has 0 aromatic rings. The van der Waals surface area contributed by atoms with Gasteiger partial charge in [0.2, 0.25) is 0 Å². The van der Waals surface area contributed by atoms with Crippen LogP contribution in [0.1, 0.15) is 34.6 Å². The average Bonchev–Trinajstić information content (AvgIpc) is 2.10. The van der Waals surface area contributed by atoms with Gasteiger partial charge in [0, 0.05) is 31.2 Å². The standard InChI is InChI=1S/C12H24N2/c1-6-7-13-8-12(5)14(10(2)3)9-11(13)4/h6-7,10-12H,8-9H2,1-5H3/b7-6+/t11-,12+/m1/s1. The second-order valence-corrected chi connectivity index (χ2v) is 4.67. The normalized spacial score (nSPS) is 30.6. The molecule has 0 aliphatic carbocycles. The maximum absolute atomic E-state index is 2.59. The summed E-state index contributed by atoms with van der Waals surface area (Å²) < 4.78 is 0. The average molecular weight is 196 g/mol. The van der Waals surface area contributed by atoms with Crippen LogP contribution in [-0.2, 0) is 0 Å². The second-order valence-electron chi connectivity index (χ2n) is 4.67. The smallest absolute Gasteiger partial charge is 0.0384 e. The molecule has 0 saturated carbocycles. The van der Waals surface area contributed by atoms with E-state index in [1.807, 2.05) is 0 Å². The summed E-state index contributed by atoms with van der Waals surface area (Å²) >= 11 is 0. The van der Waals surface area contributed by atoms with E-state index in [4.69, 9.17) is 0 Å². The highest BCUT2D eigenvalue weighted by molar-refractivity contribution is 4.92. The van der Waals surface area contributed by atoms with E-state index in [-0.39, 0.29) is 0 Å². The number of hydrogen-bond donors (Lipinski definition) is 0. The van der Waals surface area contributed by atoms with E-state index in [9.17, 15) is 0 Å². The molecule has 0 spiro atoms. The lowest BCUT2D eigenvalue weighted by Crippen LogP contribution is -2.56. The minimum Gasteiger partial charge on any atom is -0.372 e. The minimum atomic E-state index is 0.643. The Hall–Kier alpha value is -0.500. The Morgan fingerprint density at radius 1 is 1.14 bits per heavy atom. The number of allylic oxidation sites excluding steroid dienone is 1. The van der Waals surface area contributed by atoms with Gasteiger partial charge >= 0.3 is 0 Å². The molecule has 1 aliphatic heterocycles. The van der Waals surface area contributed by atoms with Gasteiger partial charge in [0.15, 0.2) is 0 Å². The summed E-state index contributed by atoms with van der Waals surface area (Å²) in [5.74, 6) is 0. The quantitative estimate of drug-likeness (QED) is 0.669. The van der Waals surface area contributed by atoms with Crippen molar-refractivity contribution in [3.05, 3.63) is 12.3 Å². The van der Waals surface area contributed by atoms with E-state index < -0.39 is 0 Å². The fourth-order valence-electron chi connectivity index (χ4n) is 2.30. The fourth-order valence-corrected chi connectivity index (χ4v) is 2.30. The Morgan fingerprint density at radius 3 is 2.29 bits per heavy atom. The molecule has 0 aromatic carbocycles. The second kappa shape index (κ2) is 4.83. The van der Waals surface area contributed by atoms with Crippen molar-refractivity contribution in [1.29, 1.82) is 0 Å². The molecule has 2 heteroatoms. The number of nitrogens with zero attached hydrogens (tertiary/aromatic N) is 2. The molecular formula is C12H24N2. The van der Waals surface area contributed by atoms with Crippen molar-refractivity contribution in [2.24, 2.45) is 0 Å². The van der Waals surface area contributed by atoms with Gasteiger partial charge in [0.25, 0.3) is 0 Å². The predicted octanol–water partition coefficient (Wildman–Crippen LogP) is 2.32. The first-order valence-corrected chi connectivity index (χ1v) is 5.70. The van der Waals surface area contributed by atoms with Gasteiger partial charge in [-0.3, -0.25) is 4.90 Å². The number of rotatable bonds is 2. The SMILES string of the molecule is C/C=C/N1C[C@H](C)N(C(C)C)C[C@H]1C. The first-order chi connectivity index (χ1) is 6.56. The van der Waals surface area contributed by atoms with E-state index in [0.29, 0.717) is 18.1 Å². The van der Waals surface area contributed by atoms with Crippen molar-refractivity contribution in [3.63, 3.8) is 0 Å². The zero-order chi connectivity index (χ0) is 10.7. The molecule has 1 heterocycles. The summed E-state index contributed by atoms with van der Waals surface area (Å²) in [5.41, 5.74) is 0. The molecule has 2 nitrogen and oxygen atoms in total. The molecule has 82 valence electrons. The summed E-state index contributed by atoms with van der Waals surface area (Å²) in [5, 5.41) is 0. The van der Waals surface area contributed by atoms with Gasteiger partial charge in [-0.1, -0.05) is 6.08 Å². The largest absolute Gasteiger partial charge is 0.372 e. The van der Waals surface area contributed by atoms with Crippen LogP contribution in [0.2, 0.25) is 0 Å². The van der Waals surface area contributed by atoms with Gasteiger partial charge in [-0.2, -0.15) is 0 Å². The first-order valence-electron chi connectivity index (χ1n) is 5.70. The van der Waals surface area contributed by atoms with Gasteiger partial charge in [0.1, 0.15) is 0 Å². The lowest BCUT2D eigenvalue weighted by Gasteiger charge is -2.45. The Bertz CT molecular complexity index is 198. The molecule has 1 aliphatic rings. The maximum atomic E-state index is 2.59. The van der Waals surface area contributed by atoms with Gasteiger partial charge in [-0.25, -0.2) is 0 Å². The third-order valence-corrected chi connectivity index (χ3v) is 3.09. The molecule has 2 atom stereocenters. The van der Waals surface area contributed by atoms with Crippen molar-refractivity contribution >= 4 is 0 Å². The molecule has 0 radical (unpaired) electrons. The Labute approximate surface area is 88.6 Å². The molecule has 0 amide bonds. The fraction of sp³-hybridized carbons (Fsp3) is 0.833. The zero-order valence-corrected chi connectivity index (χ0v) is 10.2. The van der Waals surface area contributed by atoms with Crippen LogP contribution in [0, 0.1) is 0 Å². The van der Waals surface area contributed by atoms with Crippen molar-refractivity contribution in [1.82, 2.24) is 9.80 Å². The predicted molar refractivity (Wildman–Crippen MR) is 62.3 cm³/mol. The summed E-state index contributed by atoms with van der Waals surface area (Å²) in [6.45, 7) is 13.6. The van der Waals surface area contributed by atoms with Gasteiger partial charge < -0.3 is 4.90 Å². The summed E-state index contributed by atoms with van der Waals surface area (Å²) in [7, 11) is 0. The van der Waals surface area contributed by atoms with Crippen LogP contribution in [0.3, 0.4) is 0 Å². The molecule has 1 rings (SSSR count).